The van der Waals surface area contributed by atoms with Crippen molar-refractivity contribution in [2.75, 3.05) is 19.0 Å². The van der Waals surface area contributed by atoms with Crippen molar-refractivity contribution in [3.63, 3.8) is 0 Å². The molecule has 3 rings (SSSR count). The summed E-state index contributed by atoms with van der Waals surface area (Å²) in [5, 5.41) is 14.1. The normalized spacial score (nSPS) is 24.7. The highest BCUT2D eigenvalue weighted by molar-refractivity contribution is 8.13. The second kappa shape index (κ2) is 7.67. The number of benzene rings is 1. The fourth-order valence-electron chi connectivity index (χ4n) is 3.32. The van der Waals surface area contributed by atoms with Gasteiger partial charge in [0.2, 0.25) is 0 Å². The Bertz CT molecular complexity index is 826. The molecule has 1 N–H and O–H groups in total. The number of nitro groups is 1. The molecule has 1 aromatic rings. The van der Waals surface area contributed by atoms with E-state index in [-0.39, 0.29) is 28.9 Å². The van der Waals surface area contributed by atoms with Gasteiger partial charge in [-0.15, -0.1) is 0 Å². The molecule has 0 saturated carbocycles. The number of hydrogen-bond acceptors (Lipinski definition) is 7. The van der Waals surface area contributed by atoms with Gasteiger partial charge in [-0.05, 0) is 33.3 Å². The van der Waals surface area contributed by atoms with Crippen LogP contribution in [0, 0.1) is 21.8 Å². The van der Waals surface area contributed by atoms with Gasteiger partial charge < -0.3 is 9.47 Å². The van der Waals surface area contributed by atoms with E-state index < -0.39 is 28.0 Å². The molecule has 10 heteroatoms. The predicted molar refractivity (Wildman–Crippen MR) is 103 cm³/mol. The van der Waals surface area contributed by atoms with Crippen LogP contribution < -0.4 is 5.32 Å². The molecule has 8 nitrogen and oxygen atoms in total. The van der Waals surface area contributed by atoms with Crippen LogP contribution in [0.2, 0.25) is 0 Å². The largest absolute Gasteiger partial charge is 0.444 e. The Morgan fingerprint density at radius 1 is 1.50 bits per heavy atom. The number of nitrogens with zero attached hydrogens (tertiary/aromatic N) is 2. The first-order chi connectivity index (χ1) is 13.1. The molecule has 1 saturated heterocycles. The van der Waals surface area contributed by atoms with Crippen LogP contribution in [0.1, 0.15) is 32.8 Å². The van der Waals surface area contributed by atoms with Crippen molar-refractivity contribution in [3.8, 4) is 0 Å². The zero-order chi connectivity index (χ0) is 20.5. The number of carbonyl (C=O) groups excluding carboxylic acids is 1. The third kappa shape index (κ3) is 4.27. The van der Waals surface area contributed by atoms with Crippen molar-refractivity contribution in [1.29, 1.82) is 0 Å². The summed E-state index contributed by atoms with van der Waals surface area (Å²) in [5.74, 6) is -0.0968. The summed E-state index contributed by atoms with van der Waals surface area (Å²) in [7, 11) is 0. The molecule has 2 atom stereocenters. The summed E-state index contributed by atoms with van der Waals surface area (Å²) in [6, 6.07) is 3.41. The number of fused-ring (bicyclic) bond motifs is 1. The van der Waals surface area contributed by atoms with E-state index in [1.54, 1.807) is 20.8 Å². The zero-order valence-electron chi connectivity index (χ0n) is 15.9. The number of ether oxygens (including phenoxy) is 2. The molecule has 0 radical (unpaired) electrons. The fourth-order valence-corrected chi connectivity index (χ4v) is 4.50. The van der Waals surface area contributed by atoms with Gasteiger partial charge in [0.15, 0.2) is 5.17 Å². The maximum Gasteiger partial charge on any atom is 0.413 e. The van der Waals surface area contributed by atoms with Crippen molar-refractivity contribution >= 4 is 28.7 Å². The minimum absolute atomic E-state index is 0.0769. The summed E-state index contributed by atoms with van der Waals surface area (Å²) in [5.41, 5.74) is -1.92. The van der Waals surface area contributed by atoms with Gasteiger partial charge in [-0.25, -0.2) is 14.2 Å². The fraction of sp³-hybridized carbons (Fsp3) is 0.556. The van der Waals surface area contributed by atoms with Crippen LogP contribution >= 0.6 is 11.8 Å². The Morgan fingerprint density at radius 3 is 2.93 bits per heavy atom. The molecule has 1 amide bonds. The number of amides is 1. The number of amidine groups is 1. The third-order valence-electron chi connectivity index (χ3n) is 4.57. The molecule has 0 bridgehead atoms. The third-order valence-corrected chi connectivity index (χ3v) is 5.60. The Hall–Kier alpha value is -2.20. The van der Waals surface area contributed by atoms with E-state index in [9.17, 15) is 19.3 Å². The lowest BCUT2D eigenvalue weighted by Gasteiger charge is -2.44. The number of rotatable bonds is 2. The smallest absolute Gasteiger partial charge is 0.413 e. The van der Waals surface area contributed by atoms with Crippen LogP contribution in [-0.2, 0) is 15.0 Å². The van der Waals surface area contributed by atoms with Gasteiger partial charge in [0.1, 0.15) is 17.0 Å². The number of thioether (sulfide) groups is 1. The molecule has 2 aliphatic heterocycles. The van der Waals surface area contributed by atoms with Gasteiger partial charge in [-0.1, -0.05) is 11.8 Å². The molecule has 1 fully saturated rings. The van der Waals surface area contributed by atoms with Gasteiger partial charge >= 0.3 is 6.09 Å². The Labute approximate surface area is 166 Å². The molecule has 2 heterocycles. The van der Waals surface area contributed by atoms with Gasteiger partial charge in [0.25, 0.3) is 5.69 Å². The van der Waals surface area contributed by atoms with Crippen LogP contribution in [0.15, 0.2) is 23.2 Å². The van der Waals surface area contributed by atoms with Crippen molar-refractivity contribution in [1.82, 2.24) is 5.32 Å². The maximum atomic E-state index is 14.7. The van der Waals surface area contributed by atoms with Gasteiger partial charge in [-0.2, -0.15) is 0 Å². The monoisotopic (exact) mass is 411 g/mol. The molecule has 2 aliphatic rings. The highest BCUT2D eigenvalue weighted by atomic mass is 32.2. The first-order valence-electron chi connectivity index (χ1n) is 8.85. The topological polar surface area (TPSA) is 103 Å². The van der Waals surface area contributed by atoms with Gasteiger partial charge in [0.05, 0.1) is 11.5 Å². The SMILES string of the molecule is CC(C)(C)OC(=O)NC1=NC2(c3cc([N+](=O)[O-])ccc3F)COCCC2CS1. The van der Waals surface area contributed by atoms with Crippen LogP contribution in [-0.4, -0.2) is 40.8 Å². The van der Waals surface area contributed by atoms with Crippen molar-refractivity contribution in [2.24, 2.45) is 10.9 Å². The molecule has 1 aromatic carbocycles. The minimum Gasteiger partial charge on any atom is -0.444 e. The van der Waals surface area contributed by atoms with Crippen molar-refractivity contribution < 1.29 is 23.6 Å². The number of nitro benzene ring substituents is 1. The summed E-state index contributed by atoms with van der Waals surface area (Å²) in [6.07, 6.45) is -0.0261. The highest BCUT2D eigenvalue weighted by Gasteiger charge is 2.48. The summed E-state index contributed by atoms with van der Waals surface area (Å²) < 4.78 is 25.6. The van der Waals surface area contributed by atoms with Gasteiger partial charge in [-0.3, -0.25) is 15.4 Å². The van der Waals surface area contributed by atoms with E-state index in [0.29, 0.717) is 18.8 Å². The Morgan fingerprint density at radius 2 is 2.25 bits per heavy atom. The minimum atomic E-state index is -1.13. The van der Waals surface area contributed by atoms with Gasteiger partial charge in [0, 0.05) is 36.0 Å². The molecule has 0 spiro atoms. The number of nitrogens with one attached hydrogen (secondary N) is 1. The summed E-state index contributed by atoms with van der Waals surface area (Å²) in [4.78, 5) is 27.3. The van der Waals surface area contributed by atoms with E-state index in [2.05, 4.69) is 10.3 Å². The van der Waals surface area contributed by atoms with E-state index in [0.717, 1.165) is 12.1 Å². The van der Waals surface area contributed by atoms with Crippen LogP contribution in [0.3, 0.4) is 0 Å². The summed E-state index contributed by atoms with van der Waals surface area (Å²) in [6.45, 7) is 5.82. The molecule has 28 heavy (non-hydrogen) atoms. The average Bonchev–Trinajstić information content (AvgIpc) is 2.59. The first-order valence-corrected chi connectivity index (χ1v) is 9.84. The zero-order valence-corrected chi connectivity index (χ0v) is 16.7. The molecule has 0 aliphatic carbocycles. The van der Waals surface area contributed by atoms with E-state index in [1.165, 1.54) is 17.8 Å². The number of halogens is 1. The molecule has 152 valence electrons. The number of carbonyl (C=O) groups is 1. The lowest BCUT2D eigenvalue weighted by Crippen LogP contribution is -2.49. The number of hydrogen-bond donors (Lipinski definition) is 1. The second-order valence-electron chi connectivity index (χ2n) is 7.74. The average molecular weight is 411 g/mol. The predicted octanol–water partition coefficient (Wildman–Crippen LogP) is 3.59. The standard InChI is InChI=1S/C18H22FN3O5S/c1-17(2,3)27-16(23)20-15-21-18(10-26-7-6-11(18)9-28-15)13-8-12(22(24)25)4-5-14(13)19/h4-5,8,11H,6-7,9-10H2,1-3H3,(H,20,21,23). The van der Waals surface area contributed by atoms with Crippen LogP contribution in [0.5, 0.6) is 0 Å². The summed E-state index contributed by atoms with van der Waals surface area (Å²) >= 11 is 1.34. The van der Waals surface area contributed by atoms with Crippen LogP contribution in [0.4, 0.5) is 14.9 Å². The first kappa shape index (κ1) is 20.5. The number of non-ortho nitro benzene ring substituents is 1. The Kier molecular flexibility index (Phi) is 5.62. The molecule has 2 unspecified atom stereocenters. The van der Waals surface area contributed by atoms with E-state index in [1.807, 2.05) is 0 Å². The quantitative estimate of drug-likeness (QED) is 0.589. The lowest BCUT2D eigenvalue weighted by molar-refractivity contribution is -0.385. The molecule has 0 aromatic heterocycles. The maximum absolute atomic E-state index is 14.7. The van der Waals surface area contributed by atoms with Crippen molar-refractivity contribution in [2.45, 2.75) is 38.3 Å². The lowest BCUT2D eigenvalue weighted by atomic mass is 9.76. The van der Waals surface area contributed by atoms with E-state index in [4.69, 9.17) is 9.47 Å². The molecular weight excluding hydrogens is 389 g/mol. The number of alkyl carbamates (subject to hydrolysis) is 1. The van der Waals surface area contributed by atoms with E-state index >= 15 is 0 Å². The van der Waals surface area contributed by atoms with Crippen molar-refractivity contribution in [3.05, 3.63) is 39.7 Å². The van der Waals surface area contributed by atoms with Crippen LogP contribution in [0.25, 0.3) is 0 Å². The second-order valence-corrected chi connectivity index (χ2v) is 8.75. The Balaban J connectivity index is 2.00. The molecular formula is C18H22FN3O5S. The number of aliphatic imine (C=N–C) groups is 1. The highest BCUT2D eigenvalue weighted by Crippen LogP contribution is 2.46.